The second kappa shape index (κ2) is 13.6. The molecule has 0 saturated heterocycles. The minimum absolute atomic E-state index is 0.349. The van der Waals surface area contributed by atoms with E-state index in [4.69, 9.17) is 0 Å². The summed E-state index contributed by atoms with van der Waals surface area (Å²) in [7, 11) is 0. The fourth-order valence-electron chi connectivity index (χ4n) is 2.32. The van der Waals surface area contributed by atoms with Gasteiger partial charge < -0.3 is 10.2 Å². The first-order valence-corrected chi connectivity index (χ1v) is 8.75. The molecule has 0 aliphatic rings. The van der Waals surface area contributed by atoms with E-state index in [2.05, 4.69) is 6.92 Å². The van der Waals surface area contributed by atoms with Crippen molar-refractivity contribution in [3.8, 4) is 0 Å². The van der Waals surface area contributed by atoms with Crippen LogP contribution in [0.3, 0.4) is 0 Å². The van der Waals surface area contributed by atoms with Crippen molar-refractivity contribution in [3.63, 3.8) is 0 Å². The number of hydrogen-bond donors (Lipinski definition) is 2. The monoisotopic (exact) mass is 284 g/mol. The molecule has 0 aromatic carbocycles. The maximum absolute atomic E-state index is 9.37. The summed E-state index contributed by atoms with van der Waals surface area (Å²) < 4.78 is 0. The molecule has 0 unspecified atom stereocenters. The van der Waals surface area contributed by atoms with Crippen molar-refractivity contribution >= 4 is 0 Å². The summed E-state index contributed by atoms with van der Waals surface area (Å²) in [4.78, 5) is 0. The second-order valence-electron chi connectivity index (χ2n) is 5.96. The molecule has 2 heteroatoms. The van der Waals surface area contributed by atoms with E-state index in [1.165, 1.54) is 70.3 Å². The number of hydrogen-bond acceptors (Lipinski definition) is 2. The molecule has 0 fully saturated rings. The molecular formula is C18H36O2. The number of unbranched alkanes of at least 4 members (excludes halogenated alkanes) is 11. The van der Waals surface area contributed by atoms with Crippen LogP contribution in [0.25, 0.3) is 0 Å². The zero-order valence-corrected chi connectivity index (χ0v) is 13.7. The molecule has 0 aromatic heterocycles. The highest BCUT2D eigenvalue weighted by Gasteiger charge is 2.13. The first-order valence-electron chi connectivity index (χ1n) is 8.75. The lowest BCUT2D eigenvalue weighted by molar-refractivity contribution is -0.119. The van der Waals surface area contributed by atoms with Crippen molar-refractivity contribution in [2.45, 2.75) is 103 Å². The van der Waals surface area contributed by atoms with Crippen molar-refractivity contribution in [3.05, 3.63) is 12.2 Å². The van der Waals surface area contributed by atoms with Gasteiger partial charge in [0.1, 0.15) is 0 Å². The van der Waals surface area contributed by atoms with Crippen LogP contribution in [-0.4, -0.2) is 16.0 Å². The van der Waals surface area contributed by atoms with Crippen LogP contribution in [0.4, 0.5) is 0 Å². The molecule has 0 amide bonds. The lowest BCUT2D eigenvalue weighted by Crippen LogP contribution is -2.22. The van der Waals surface area contributed by atoms with Crippen LogP contribution in [0, 0.1) is 0 Å². The molecular weight excluding hydrogens is 248 g/mol. The van der Waals surface area contributed by atoms with Crippen molar-refractivity contribution < 1.29 is 10.2 Å². The van der Waals surface area contributed by atoms with Crippen LogP contribution >= 0.6 is 0 Å². The fraction of sp³-hybridized carbons (Fsp3) is 0.889. The molecule has 0 spiro atoms. The quantitative estimate of drug-likeness (QED) is 0.257. The molecule has 120 valence electrons. The third kappa shape index (κ3) is 14.1. The third-order valence-corrected chi connectivity index (χ3v) is 3.88. The van der Waals surface area contributed by atoms with Crippen LogP contribution in [-0.2, 0) is 0 Å². The maximum Gasteiger partial charge on any atom is 0.182 e. The Labute approximate surface area is 126 Å². The zero-order valence-electron chi connectivity index (χ0n) is 13.7. The van der Waals surface area contributed by atoms with Gasteiger partial charge in [0.2, 0.25) is 0 Å². The van der Waals surface area contributed by atoms with Crippen LogP contribution in [0.15, 0.2) is 12.2 Å². The van der Waals surface area contributed by atoms with E-state index in [-0.39, 0.29) is 0 Å². The van der Waals surface area contributed by atoms with E-state index in [0.29, 0.717) is 6.42 Å². The van der Waals surface area contributed by atoms with Crippen molar-refractivity contribution in [2.75, 3.05) is 0 Å². The average molecular weight is 284 g/mol. The molecule has 0 saturated carbocycles. The molecule has 0 aliphatic carbocycles. The Morgan fingerprint density at radius 1 is 0.700 bits per heavy atom. The first kappa shape index (κ1) is 19.7. The highest BCUT2D eigenvalue weighted by molar-refractivity contribution is 4.92. The molecule has 2 N–H and O–H groups in total. The van der Waals surface area contributed by atoms with E-state index < -0.39 is 5.79 Å². The zero-order chi connectivity index (χ0) is 15.1. The molecule has 0 heterocycles. The van der Waals surface area contributed by atoms with Gasteiger partial charge in [-0.3, -0.25) is 0 Å². The van der Waals surface area contributed by atoms with Gasteiger partial charge in [-0.1, -0.05) is 84.1 Å². The summed E-state index contributed by atoms with van der Waals surface area (Å²) in [6.45, 7) is 4.03. The molecule has 0 radical (unpaired) electrons. The van der Waals surface area contributed by atoms with Crippen molar-refractivity contribution in [1.82, 2.24) is 0 Å². The minimum Gasteiger partial charge on any atom is -0.362 e. The predicted octanol–water partition coefficient (Wildman–Crippen LogP) is 5.33. The molecule has 0 aliphatic heterocycles. The first-order chi connectivity index (χ1) is 9.62. The largest absolute Gasteiger partial charge is 0.362 e. The topological polar surface area (TPSA) is 40.5 Å². The molecule has 0 aromatic rings. The van der Waals surface area contributed by atoms with E-state index in [0.717, 1.165) is 12.8 Å². The van der Waals surface area contributed by atoms with Gasteiger partial charge in [0, 0.05) is 6.42 Å². The van der Waals surface area contributed by atoms with Gasteiger partial charge in [0.15, 0.2) is 5.79 Å². The van der Waals surface area contributed by atoms with E-state index >= 15 is 0 Å². The van der Waals surface area contributed by atoms with Gasteiger partial charge in [-0.15, -0.1) is 0 Å². The van der Waals surface area contributed by atoms with Crippen LogP contribution in [0.2, 0.25) is 0 Å². The van der Waals surface area contributed by atoms with E-state index in [9.17, 15) is 10.2 Å². The fourth-order valence-corrected chi connectivity index (χ4v) is 2.32. The van der Waals surface area contributed by atoms with Crippen LogP contribution in [0.1, 0.15) is 97.3 Å². The Morgan fingerprint density at radius 2 is 1.15 bits per heavy atom. The second-order valence-corrected chi connectivity index (χ2v) is 5.96. The Kier molecular flexibility index (Phi) is 13.4. The Balaban J connectivity index is 3.17. The number of aliphatic hydroxyl groups is 2. The Bertz CT molecular complexity index is 221. The molecule has 0 rings (SSSR count). The molecule has 0 atom stereocenters. The molecule has 2 nitrogen and oxygen atoms in total. The normalized spacial score (nSPS) is 12.4. The third-order valence-electron chi connectivity index (χ3n) is 3.88. The standard InChI is InChI=1S/C18H36O2/c1-3-5-6-7-8-9-10-11-12-13-14-15-16-17-18(19,20)4-2/h16-17,19-20H,3-15H2,1-2H3/b17-16+. The lowest BCUT2D eigenvalue weighted by atomic mass is 10.0. The highest BCUT2D eigenvalue weighted by Crippen LogP contribution is 2.13. The Morgan fingerprint density at radius 3 is 1.60 bits per heavy atom. The number of rotatable bonds is 14. The van der Waals surface area contributed by atoms with Crippen molar-refractivity contribution in [2.24, 2.45) is 0 Å². The Hall–Kier alpha value is -0.340. The van der Waals surface area contributed by atoms with Crippen LogP contribution < -0.4 is 0 Å². The van der Waals surface area contributed by atoms with Gasteiger partial charge in [-0.05, 0) is 18.9 Å². The van der Waals surface area contributed by atoms with Gasteiger partial charge in [0.05, 0.1) is 0 Å². The minimum atomic E-state index is -1.60. The van der Waals surface area contributed by atoms with Crippen LogP contribution in [0.5, 0.6) is 0 Å². The average Bonchev–Trinajstić information content (AvgIpc) is 2.44. The summed E-state index contributed by atoms with van der Waals surface area (Å²) in [5, 5.41) is 18.7. The summed E-state index contributed by atoms with van der Waals surface area (Å²) in [6.07, 6.45) is 19.6. The van der Waals surface area contributed by atoms with Gasteiger partial charge in [-0.25, -0.2) is 0 Å². The lowest BCUT2D eigenvalue weighted by Gasteiger charge is -2.13. The van der Waals surface area contributed by atoms with Crippen molar-refractivity contribution in [1.29, 1.82) is 0 Å². The SMILES string of the molecule is CCCCCCCCCCCCC/C=C/C(O)(O)CC. The molecule has 20 heavy (non-hydrogen) atoms. The van der Waals surface area contributed by atoms with E-state index in [1.54, 1.807) is 6.92 Å². The predicted molar refractivity (Wildman–Crippen MR) is 87.7 cm³/mol. The smallest absolute Gasteiger partial charge is 0.182 e. The molecule has 0 bridgehead atoms. The van der Waals surface area contributed by atoms with E-state index in [1.807, 2.05) is 6.08 Å². The van der Waals surface area contributed by atoms with Gasteiger partial charge >= 0.3 is 0 Å². The van der Waals surface area contributed by atoms with Gasteiger partial charge in [0.25, 0.3) is 0 Å². The summed E-state index contributed by atoms with van der Waals surface area (Å²) in [6, 6.07) is 0. The number of allylic oxidation sites excluding steroid dienone is 1. The summed E-state index contributed by atoms with van der Waals surface area (Å²) in [5.41, 5.74) is 0. The maximum atomic E-state index is 9.37. The summed E-state index contributed by atoms with van der Waals surface area (Å²) >= 11 is 0. The summed E-state index contributed by atoms with van der Waals surface area (Å²) in [5.74, 6) is -1.60. The highest BCUT2D eigenvalue weighted by atomic mass is 16.5. The van der Waals surface area contributed by atoms with Gasteiger partial charge in [-0.2, -0.15) is 0 Å².